The molecule has 2 heterocycles. The molecule has 2 saturated heterocycles. The van der Waals surface area contributed by atoms with Crippen LogP contribution in [0.15, 0.2) is 35.1 Å². The first-order valence-corrected chi connectivity index (χ1v) is 21.0. The molecule has 2 amide bonds. The Morgan fingerprint density at radius 1 is 1.05 bits per heavy atom. The summed E-state index contributed by atoms with van der Waals surface area (Å²) in [5, 5.41) is 110. The number of carbonyl (C=O) groups is 4. The van der Waals surface area contributed by atoms with Crippen molar-refractivity contribution in [2.75, 3.05) is 33.9 Å². The maximum atomic E-state index is 13.7. The number of phenols is 1. The molecule has 2 aliphatic heterocycles. The number of amides is 2. The molecule has 3 aliphatic carbocycles. The number of phenolic OH excluding ortho intramolecular Hbond substituents is 1. The molecule has 0 radical (unpaired) electrons. The zero-order chi connectivity index (χ0) is 45.1. The third-order valence-electron chi connectivity index (χ3n) is 12.7. The number of carbonyl (C=O) groups excluding carboxylic acids is 4. The fraction of sp³-hybridized carbons (Fsp3) is 0.650. The molecule has 17 N–H and O–H groups in total. The first kappa shape index (κ1) is 52.6. The smallest absolute Gasteiger partial charge is 0.255 e. The van der Waals surface area contributed by atoms with E-state index in [2.05, 4.69) is 12.2 Å². The number of nitrogens with two attached hydrogens (primary N) is 1. The van der Waals surface area contributed by atoms with E-state index in [4.69, 9.17) is 10.5 Å². The van der Waals surface area contributed by atoms with Crippen molar-refractivity contribution in [2.24, 2.45) is 23.5 Å². The number of Topliss-reactive ketones (excluding diaryl/α,β-unsaturated/α-hetero) is 2. The first-order chi connectivity index (χ1) is 27.9. The predicted octanol–water partition coefficient (Wildman–Crippen LogP) is -3.91. The second-order valence-electron chi connectivity index (χ2n) is 16.9. The number of aliphatic hydroxyl groups is 9. The Hall–Kier alpha value is -3.75. The van der Waals surface area contributed by atoms with Crippen LogP contribution in [-0.2, 0) is 29.5 Å². The summed E-state index contributed by atoms with van der Waals surface area (Å²) in [6.45, 7) is 5.74. The van der Waals surface area contributed by atoms with Crippen molar-refractivity contribution in [3.05, 3.63) is 46.2 Å². The fourth-order valence-corrected chi connectivity index (χ4v) is 10.4. The molecule has 0 unspecified atom stereocenters. The summed E-state index contributed by atoms with van der Waals surface area (Å²) in [6.07, 6.45) is -3.37. The lowest BCUT2D eigenvalue weighted by Gasteiger charge is -2.55. The standard InChI is InChI=1S/C22H24N2O9.C18H34N2O6S.2H2O/c1-21(32)7-5-4-6-8(25)9(7)15(26)10-12(21)17(28)13-14(24(2)3)16(27)11(20(23)31)19(30)22(13,33)18(10)29;1-5-6-10-7-11(20(3)8-10)17(25)19-12(9(2)21)16-14(23)13(22)15(24)18(26-16)27-4;;/h4-6,12-14,17,25-26,28,30,32-33H,1-3H3,(H2,23,31);9-16,18,21-24H,5-8H2,1-4H3,(H,19,25);2*1H2/t12-,13-,14+,17+,21-,22+;9-,10-,11+,12-,13+,14-,15-,16-,18-;;/m11../s1. The van der Waals surface area contributed by atoms with Crippen LogP contribution in [-0.4, -0.2) is 195 Å². The van der Waals surface area contributed by atoms with Gasteiger partial charge < -0.3 is 77.8 Å². The van der Waals surface area contributed by atoms with Gasteiger partial charge in [0.1, 0.15) is 52.7 Å². The van der Waals surface area contributed by atoms with E-state index in [1.165, 1.54) is 62.8 Å². The number of hydrogen-bond acceptors (Lipinski definition) is 18. The van der Waals surface area contributed by atoms with E-state index in [0.29, 0.717) is 5.92 Å². The van der Waals surface area contributed by atoms with Crippen molar-refractivity contribution in [3.8, 4) is 5.75 Å². The number of rotatable bonds is 9. The van der Waals surface area contributed by atoms with E-state index in [1.54, 1.807) is 6.26 Å². The fourth-order valence-electron chi connectivity index (χ4n) is 9.73. The lowest BCUT2D eigenvalue weighted by molar-refractivity contribution is -0.211. The average molecular weight is 903 g/mol. The van der Waals surface area contributed by atoms with Gasteiger partial charge in [0, 0.05) is 6.54 Å². The van der Waals surface area contributed by atoms with E-state index >= 15 is 0 Å². The van der Waals surface area contributed by atoms with Crippen molar-refractivity contribution in [2.45, 2.75) is 111 Å². The molecule has 1 aromatic carbocycles. The molecule has 0 aromatic heterocycles. The SMILES string of the molecule is CCC[C@@H]1C[C@@H](C(=O)N[C@@H]([C@H]2O[C@H](SC)[C@H](O)[C@@H](O)[C@H]2O)[C@@H](C)O)N(C)C1.CN(C)[C@@H]1C(=O)C(C(N)=O)=C(O)[C@@]2(O)C(=O)C3=C(O)c4c(O)cccc4[C@@](C)(O)[C@H]3[C@H](O)[C@@H]12.O.O. The molecule has 5 aliphatic rings. The Morgan fingerprint density at radius 2 is 1.66 bits per heavy atom. The Kier molecular flexibility index (Phi) is 16.6. The van der Waals surface area contributed by atoms with E-state index in [1.807, 2.05) is 11.9 Å². The number of ketones is 2. The summed E-state index contributed by atoms with van der Waals surface area (Å²) in [5.74, 6) is -9.43. The van der Waals surface area contributed by atoms with Crippen LogP contribution < -0.4 is 11.1 Å². The van der Waals surface area contributed by atoms with Gasteiger partial charge in [-0.25, -0.2) is 0 Å². The highest BCUT2D eigenvalue weighted by molar-refractivity contribution is 7.99. The summed E-state index contributed by atoms with van der Waals surface area (Å²) >= 11 is 1.20. The number of benzene rings is 1. The van der Waals surface area contributed by atoms with Crippen molar-refractivity contribution < 1.29 is 85.9 Å². The highest BCUT2D eigenvalue weighted by atomic mass is 32.2. The van der Waals surface area contributed by atoms with Gasteiger partial charge in [-0.3, -0.25) is 29.0 Å². The molecule has 350 valence electrons. The number of nitrogens with zero attached hydrogens (tertiary/aromatic N) is 2. The molecule has 0 spiro atoms. The van der Waals surface area contributed by atoms with Crippen molar-refractivity contribution in [1.82, 2.24) is 15.1 Å². The molecule has 1 saturated carbocycles. The second-order valence-corrected chi connectivity index (χ2v) is 17.8. The molecule has 62 heavy (non-hydrogen) atoms. The lowest BCUT2D eigenvalue weighted by Crippen LogP contribution is -2.71. The maximum absolute atomic E-state index is 13.7. The number of likely N-dealkylation sites (N-methyl/N-ethyl adjacent to an activating group) is 2. The summed E-state index contributed by atoms with van der Waals surface area (Å²) < 4.78 is 5.72. The quantitative estimate of drug-likeness (QED) is 0.105. The summed E-state index contributed by atoms with van der Waals surface area (Å²) in [5.41, 5.74) is -2.53. The summed E-state index contributed by atoms with van der Waals surface area (Å²) in [7, 11) is 4.71. The number of fused-ring (bicyclic) bond motifs is 3. The summed E-state index contributed by atoms with van der Waals surface area (Å²) in [6, 6.07) is 1.31. The Morgan fingerprint density at radius 3 is 2.19 bits per heavy atom. The third-order valence-corrected chi connectivity index (χ3v) is 13.5. The number of hydrogen-bond donors (Lipinski definition) is 12. The van der Waals surface area contributed by atoms with E-state index in [-0.39, 0.29) is 34.0 Å². The van der Waals surface area contributed by atoms with Crippen LogP contribution in [0.1, 0.15) is 51.2 Å². The van der Waals surface area contributed by atoms with Crippen LogP contribution in [0.5, 0.6) is 5.75 Å². The number of thioether (sulfide) groups is 1. The Bertz CT molecular complexity index is 1930. The number of aromatic hydroxyl groups is 1. The monoisotopic (exact) mass is 902 g/mol. The van der Waals surface area contributed by atoms with Crippen molar-refractivity contribution in [3.63, 3.8) is 0 Å². The minimum absolute atomic E-state index is 0. The lowest BCUT2D eigenvalue weighted by atomic mass is 9.53. The van der Waals surface area contributed by atoms with Gasteiger partial charge in [0.2, 0.25) is 11.7 Å². The topological polar surface area (TPSA) is 387 Å². The molecule has 22 heteroatoms. The number of likely N-dealkylation sites (tertiary alicyclic amines) is 1. The highest BCUT2D eigenvalue weighted by Gasteiger charge is 2.70. The molecule has 21 nitrogen and oxygen atoms in total. The minimum atomic E-state index is -3.02. The van der Waals surface area contributed by atoms with Gasteiger partial charge in [-0.15, -0.1) is 11.8 Å². The average Bonchev–Trinajstić information content (AvgIpc) is 3.54. The van der Waals surface area contributed by atoms with Gasteiger partial charge in [0.15, 0.2) is 11.4 Å². The predicted molar refractivity (Wildman–Crippen MR) is 222 cm³/mol. The zero-order valence-electron chi connectivity index (χ0n) is 35.5. The largest absolute Gasteiger partial charge is 0.508 e. The molecule has 15 atom stereocenters. The van der Waals surface area contributed by atoms with E-state index < -0.39 is 123 Å². The zero-order valence-corrected chi connectivity index (χ0v) is 36.3. The molecular weight excluding hydrogens is 841 g/mol. The van der Waals surface area contributed by atoms with Gasteiger partial charge in [0.25, 0.3) is 5.91 Å². The number of primary amides is 1. The van der Waals surface area contributed by atoms with Gasteiger partial charge >= 0.3 is 0 Å². The molecular formula is C40H62N4O17S. The molecule has 1 aromatic rings. The maximum Gasteiger partial charge on any atom is 0.255 e. The van der Waals surface area contributed by atoms with E-state index in [9.17, 15) is 70.2 Å². The van der Waals surface area contributed by atoms with Crippen LogP contribution in [0, 0.1) is 17.8 Å². The van der Waals surface area contributed by atoms with Crippen LogP contribution >= 0.6 is 11.8 Å². The van der Waals surface area contributed by atoms with Crippen molar-refractivity contribution >= 4 is 40.9 Å². The number of aliphatic hydroxyl groups excluding tert-OH is 7. The Labute approximate surface area is 362 Å². The Balaban J connectivity index is 0.000000327. The summed E-state index contributed by atoms with van der Waals surface area (Å²) in [4.78, 5) is 54.8. The number of ether oxygens (including phenoxy) is 1. The van der Waals surface area contributed by atoms with E-state index in [0.717, 1.165) is 25.8 Å². The van der Waals surface area contributed by atoms with Crippen molar-refractivity contribution in [1.29, 1.82) is 0 Å². The molecule has 0 bridgehead atoms. The second kappa shape index (κ2) is 19.6. The highest BCUT2D eigenvalue weighted by Crippen LogP contribution is 2.57. The minimum Gasteiger partial charge on any atom is -0.508 e. The normalized spacial score (nSPS) is 36.5. The van der Waals surface area contributed by atoms with Gasteiger partial charge in [-0.2, -0.15) is 0 Å². The first-order valence-electron chi connectivity index (χ1n) is 19.7. The molecule has 6 rings (SSSR count). The number of nitrogens with one attached hydrogen (secondary N) is 1. The molecule has 3 fully saturated rings. The van der Waals surface area contributed by atoms with Crippen LogP contribution in [0.3, 0.4) is 0 Å². The van der Waals surface area contributed by atoms with Gasteiger partial charge in [0.05, 0.1) is 58.9 Å². The van der Waals surface area contributed by atoms with Gasteiger partial charge in [-0.05, 0) is 71.6 Å². The third kappa shape index (κ3) is 8.61. The van der Waals surface area contributed by atoms with Gasteiger partial charge in [-0.1, -0.05) is 25.5 Å². The van der Waals surface area contributed by atoms with Crippen LogP contribution in [0.4, 0.5) is 0 Å². The van der Waals surface area contributed by atoms with Crippen LogP contribution in [0.2, 0.25) is 0 Å². The van der Waals surface area contributed by atoms with Crippen LogP contribution in [0.25, 0.3) is 5.76 Å².